The van der Waals surface area contributed by atoms with Crippen LogP contribution >= 0.6 is 0 Å². The molecule has 0 aliphatic carbocycles. The molecule has 1 atom stereocenters. The van der Waals surface area contributed by atoms with Crippen LogP contribution in [0.15, 0.2) is 4.99 Å². The third-order valence-corrected chi connectivity index (χ3v) is 1.96. The molecule has 2 amide bonds. The summed E-state index contributed by atoms with van der Waals surface area (Å²) in [7, 11) is 0. The quantitative estimate of drug-likeness (QED) is 0.529. The highest BCUT2D eigenvalue weighted by Crippen LogP contribution is 2.16. The molecule has 6 nitrogen and oxygen atoms in total. The number of carbonyl (C=O) groups is 2. The lowest BCUT2D eigenvalue weighted by atomic mass is 10.1. The molecule has 1 heterocycles. The molecule has 0 N–H and O–H groups in total. The molecule has 1 aliphatic heterocycles. The van der Waals surface area contributed by atoms with Gasteiger partial charge in [-0.3, -0.25) is 0 Å². The second-order valence-corrected chi connectivity index (χ2v) is 3.33. The highest BCUT2D eigenvalue weighted by Gasteiger charge is 2.31. The minimum Gasteiger partial charge on any atom is -0.860 e. The molecule has 1 aliphatic rings. The Bertz CT molecular complexity index is 298. The van der Waals surface area contributed by atoms with Crippen molar-refractivity contribution in [3.63, 3.8) is 0 Å². The van der Waals surface area contributed by atoms with Crippen molar-refractivity contribution in [2.24, 2.45) is 4.99 Å². The minimum absolute atomic E-state index is 0.248. The summed E-state index contributed by atoms with van der Waals surface area (Å²) in [6.07, 6.45) is -0.494. The summed E-state index contributed by atoms with van der Waals surface area (Å²) < 4.78 is 0. The molecule has 0 spiro atoms. The number of amides is 2. The molecule has 6 heteroatoms. The van der Waals surface area contributed by atoms with Gasteiger partial charge in [0.2, 0.25) is 0 Å². The first kappa shape index (κ1) is 10.5. The molecule has 0 saturated heterocycles. The van der Waals surface area contributed by atoms with Gasteiger partial charge in [0.25, 0.3) is 0 Å². The Morgan fingerprint density at radius 2 is 2.21 bits per heavy atom. The molecule has 1 unspecified atom stereocenters. The van der Waals surface area contributed by atoms with Gasteiger partial charge >= 0.3 is 6.03 Å². The highest BCUT2D eigenvalue weighted by atomic mass is 16.4. The summed E-state index contributed by atoms with van der Waals surface area (Å²) in [5, 5.41) is 21.4. The van der Waals surface area contributed by atoms with Crippen LogP contribution in [-0.2, 0) is 4.79 Å². The standard InChI is InChI=1S/C8H12N2O4/c1-4(2)10-5(3-6(11)12)7(13)9-8(10)14/h4-5H,3H2,1-2H3,(H,11,12)(H,9,13,14)/p-2. The lowest BCUT2D eigenvalue weighted by Crippen LogP contribution is -2.48. The van der Waals surface area contributed by atoms with Gasteiger partial charge in [-0.15, -0.1) is 0 Å². The normalized spacial score (nSPS) is 21.6. The van der Waals surface area contributed by atoms with E-state index in [1.165, 1.54) is 0 Å². The van der Waals surface area contributed by atoms with E-state index in [2.05, 4.69) is 4.99 Å². The number of rotatable bonds is 3. The fourth-order valence-corrected chi connectivity index (χ4v) is 1.40. The zero-order chi connectivity index (χ0) is 10.9. The predicted molar refractivity (Wildman–Crippen MR) is 43.2 cm³/mol. The number of hydrogen-bond acceptors (Lipinski definition) is 4. The van der Waals surface area contributed by atoms with Crippen molar-refractivity contribution >= 4 is 17.9 Å². The van der Waals surface area contributed by atoms with Crippen LogP contribution < -0.4 is 10.2 Å². The lowest BCUT2D eigenvalue weighted by Gasteiger charge is -2.30. The maximum Gasteiger partial charge on any atom is 0.343 e. The monoisotopic (exact) mass is 198 g/mol. The van der Waals surface area contributed by atoms with Gasteiger partial charge in [0.15, 0.2) is 0 Å². The van der Waals surface area contributed by atoms with Crippen LogP contribution in [0.1, 0.15) is 20.3 Å². The van der Waals surface area contributed by atoms with Gasteiger partial charge in [-0.25, -0.2) is 9.79 Å². The Balaban J connectivity index is 2.84. The average Bonchev–Trinajstić information content (AvgIpc) is 2.25. The van der Waals surface area contributed by atoms with Gasteiger partial charge in [-0.1, -0.05) is 0 Å². The Morgan fingerprint density at radius 1 is 1.64 bits per heavy atom. The number of aliphatic imine (C=N–C) groups is 1. The van der Waals surface area contributed by atoms with Crippen LogP contribution in [0.25, 0.3) is 0 Å². The lowest BCUT2D eigenvalue weighted by molar-refractivity contribution is -0.307. The molecule has 14 heavy (non-hydrogen) atoms. The maximum absolute atomic E-state index is 11.1. The van der Waals surface area contributed by atoms with Crippen molar-refractivity contribution in [2.45, 2.75) is 32.4 Å². The molecule has 0 fully saturated rings. The highest BCUT2D eigenvalue weighted by molar-refractivity contribution is 6.00. The average molecular weight is 198 g/mol. The molecule has 0 bridgehead atoms. The van der Waals surface area contributed by atoms with Crippen molar-refractivity contribution in [2.75, 3.05) is 0 Å². The first-order chi connectivity index (χ1) is 6.43. The molecule has 0 aromatic rings. The van der Waals surface area contributed by atoms with E-state index in [-0.39, 0.29) is 6.04 Å². The maximum atomic E-state index is 11.1. The Labute approximate surface area is 80.9 Å². The van der Waals surface area contributed by atoms with Gasteiger partial charge in [0.05, 0.1) is 6.04 Å². The Kier molecular flexibility index (Phi) is 2.73. The number of nitrogens with zero attached hydrogens (tertiary/aromatic N) is 2. The van der Waals surface area contributed by atoms with Gasteiger partial charge in [0.1, 0.15) is 0 Å². The Hall–Kier alpha value is -1.59. The van der Waals surface area contributed by atoms with E-state index < -0.39 is 30.4 Å². The SMILES string of the molecule is CC(C)N1C(=O)N=C([O-])C1CC(=O)[O-]. The summed E-state index contributed by atoms with van der Waals surface area (Å²) in [6.45, 7) is 3.38. The smallest absolute Gasteiger partial charge is 0.343 e. The number of hydrogen-bond donors (Lipinski definition) is 0. The summed E-state index contributed by atoms with van der Waals surface area (Å²) in [4.78, 5) is 25.8. The molecule has 0 saturated carbocycles. The fourth-order valence-electron chi connectivity index (χ4n) is 1.40. The predicted octanol–water partition coefficient (Wildman–Crippen LogP) is -1.90. The zero-order valence-electron chi connectivity index (χ0n) is 7.89. The molecular weight excluding hydrogens is 188 g/mol. The van der Waals surface area contributed by atoms with Crippen molar-refractivity contribution in [1.82, 2.24) is 4.90 Å². The molecule has 78 valence electrons. The van der Waals surface area contributed by atoms with Crippen molar-refractivity contribution in [1.29, 1.82) is 0 Å². The summed E-state index contributed by atoms with van der Waals surface area (Å²) in [5.74, 6) is -2.06. The van der Waals surface area contributed by atoms with Crippen LogP contribution in [-0.4, -0.2) is 34.9 Å². The third kappa shape index (κ3) is 1.84. The van der Waals surface area contributed by atoms with Crippen molar-refractivity contribution in [3.05, 3.63) is 0 Å². The van der Waals surface area contributed by atoms with E-state index in [1.807, 2.05) is 0 Å². The van der Waals surface area contributed by atoms with Crippen LogP contribution in [0.2, 0.25) is 0 Å². The number of carboxylic acids is 1. The van der Waals surface area contributed by atoms with Gasteiger partial charge in [-0.2, -0.15) is 0 Å². The van der Waals surface area contributed by atoms with Crippen LogP contribution in [0.4, 0.5) is 4.79 Å². The van der Waals surface area contributed by atoms with E-state index in [1.54, 1.807) is 13.8 Å². The van der Waals surface area contributed by atoms with Crippen LogP contribution in [0.5, 0.6) is 0 Å². The van der Waals surface area contributed by atoms with Gasteiger partial charge in [-0.05, 0) is 19.7 Å². The topological polar surface area (TPSA) is 95.9 Å². The molecule has 0 aromatic carbocycles. The largest absolute Gasteiger partial charge is 0.860 e. The first-order valence-corrected chi connectivity index (χ1v) is 4.21. The second kappa shape index (κ2) is 3.65. The third-order valence-electron chi connectivity index (χ3n) is 1.96. The van der Waals surface area contributed by atoms with Crippen molar-refractivity contribution < 1.29 is 19.8 Å². The first-order valence-electron chi connectivity index (χ1n) is 4.21. The minimum atomic E-state index is -1.36. The molecule has 0 aromatic heterocycles. The van der Waals surface area contributed by atoms with Crippen molar-refractivity contribution in [3.8, 4) is 0 Å². The van der Waals surface area contributed by atoms with E-state index in [0.717, 1.165) is 4.90 Å². The van der Waals surface area contributed by atoms with E-state index >= 15 is 0 Å². The fraction of sp³-hybridized carbons (Fsp3) is 0.625. The summed E-state index contributed by atoms with van der Waals surface area (Å²) in [6, 6.07) is -1.91. The summed E-state index contributed by atoms with van der Waals surface area (Å²) >= 11 is 0. The Morgan fingerprint density at radius 3 is 2.64 bits per heavy atom. The van der Waals surface area contributed by atoms with Crippen LogP contribution in [0.3, 0.4) is 0 Å². The number of aliphatic carboxylic acids is 1. The summed E-state index contributed by atoms with van der Waals surface area (Å²) in [5.41, 5.74) is 0. The van der Waals surface area contributed by atoms with E-state index in [4.69, 9.17) is 0 Å². The molecule has 1 rings (SSSR count). The van der Waals surface area contributed by atoms with Gasteiger partial charge < -0.3 is 19.9 Å². The number of carboxylic acid groups (broad SMARTS) is 1. The molecule has 0 radical (unpaired) electrons. The number of carbonyl (C=O) groups excluding carboxylic acids is 2. The molecular formula is C8H10N2O4-2. The van der Waals surface area contributed by atoms with Gasteiger partial charge in [0, 0.05) is 18.4 Å². The zero-order valence-corrected chi connectivity index (χ0v) is 7.89. The number of urea groups is 1. The van der Waals surface area contributed by atoms with E-state index in [9.17, 15) is 19.8 Å². The second-order valence-electron chi connectivity index (χ2n) is 3.33. The van der Waals surface area contributed by atoms with Crippen LogP contribution in [0, 0.1) is 0 Å². The van der Waals surface area contributed by atoms with E-state index in [0.29, 0.717) is 0 Å².